The Morgan fingerprint density at radius 1 is 0.818 bits per heavy atom. The van der Waals surface area contributed by atoms with Crippen molar-refractivity contribution in [3.05, 3.63) is 77.0 Å². The molecule has 0 atom stereocenters. The molecule has 3 aromatic carbocycles. The van der Waals surface area contributed by atoms with Crippen LogP contribution < -0.4 is 0 Å². The van der Waals surface area contributed by atoms with Crippen molar-refractivity contribution < 1.29 is 4.92 Å². The summed E-state index contributed by atoms with van der Waals surface area (Å²) in [6.07, 6.45) is 1.89. The first kappa shape index (κ1) is 12.6. The Morgan fingerprint density at radius 3 is 2.45 bits per heavy atom. The van der Waals surface area contributed by atoms with Gasteiger partial charge >= 0.3 is 0 Å². The first-order valence-electron chi connectivity index (χ1n) is 6.98. The van der Waals surface area contributed by atoms with Crippen LogP contribution in [-0.4, -0.2) is 9.91 Å². The molecule has 22 heavy (non-hydrogen) atoms. The number of nitrogens with one attached hydrogen (secondary N) is 1. The predicted molar refractivity (Wildman–Crippen MR) is 87.9 cm³/mol. The minimum Gasteiger partial charge on any atom is -0.361 e. The second kappa shape index (κ2) is 4.70. The minimum absolute atomic E-state index is 0.124. The summed E-state index contributed by atoms with van der Waals surface area (Å²) in [7, 11) is 0. The van der Waals surface area contributed by atoms with Crippen LogP contribution in [0.15, 0.2) is 66.9 Å². The Bertz CT molecular complexity index is 1020. The molecule has 0 unspecified atom stereocenters. The summed E-state index contributed by atoms with van der Waals surface area (Å²) < 4.78 is 0. The molecule has 0 saturated carbocycles. The van der Waals surface area contributed by atoms with Gasteiger partial charge in [-0.3, -0.25) is 10.1 Å². The molecule has 0 aliphatic rings. The minimum atomic E-state index is -0.330. The van der Waals surface area contributed by atoms with Crippen molar-refractivity contribution in [3.63, 3.8) is 0 Å². The Balaban J connectivity index is 2.16. The summed E-state index contributed by atoms with van der Waals surface area (Å²) in [6.45, 7) is 0. The molecule has 4 heteroatoms. The van der Waals surface area contributed by atoms with Crippen LogP contribution in [0.5, 0.6) is 0 Å². The highest BCUT2D eigenvalue weighted by atomic mass is 16.6. The molecule has 1 N–H and O–H groups in total. The van der Waals surface area contributed by atoms with Gasteiger partial charge in [-0.2, -0.15) is 0 Å². The molecule has 0 aliphatic heterocycles. The summed E-state index contributed by atoms with van der Waals surface area (Å²) in [5.74, 6) is 0. The number of hydrogen-bond donors (Lipinski definition) is 1. The summed E-state index contributed by atoms with van der Waals surface area (Å²) in [5.41, 5.74) is 2.64. The number of nitro groups is 1. The number of nitrogens with zero attached hydrogens (tertiary/aromatic N) is 1. The molecule has 106 valence electrons. The van der Waals surface area contributed by atoms with Crippen molar-refractivity contribution in [1.29, 1.82) is 0 Å². The lowest BCUT2D eigenvalue weighted by atomic mass is 9.95. The van der Waals surface area contributed by atoms with E-state index in [1.165, 1.54) is 0 Å². The van der Waals surface area contributed by atoms with Gasteiger partial charge in [-0.05, 0) is 23.1 Å². The molecule has 0 spiro atoms. The van der Waals surface area contributed by atoms with Crippen LogP contribution in [-0.2, 0) is 0 Å². The number of para-hydroxylation sites is 1. The molecule has 0 amide bonds. The maximum absolute atomic E-state index is 11.3. The fourth-order valence-corrected chi connectivity index (χ4v) is 2.99. The molecule has 1 aromatic heterocycles. The van der Waals surface area contributed by atoms with Crippen molar-refractivity contribution in [2.24, 2.45) is 0 Å². The fourth-order valence-electron chi connectivity index (χ4n) is 2.99. The van der Waals surface area contributed by atoms with E-state index in [4.69, 9.17) is 0 Å². The molecule has 0 aliphatic carbocycles. The van der Waals surface area contributed by atoms with Crippen LogP contribution in [0.1, 0.15) is 0 Å². The van der Waals surface area contributed by atoms with E-state index in [1.807, 2.05) is 42.6 Å². The van der Waals surface area contributed by atoms with E-state index < -0.39 is 0 Å². The van der Waals surface area contributed by atoms with E-state index in [0.29, 0.717) is 5.56 Å². The molecule has 1 heterocycles. The highest BCUT2D eigenvalue weighted by Crippen LogP contribution is 2.37. The van der Waals surface area contributed by atoms with Crippen LogP contribution in [0, 0.1) is 10.1 Å². The lowest BCUT2D eigenvalue weighted by Gasteiger charge is -2.09. The maximum atomic E-state index is 11.3. The zero-order valence-corrected chi connectivity index (χ0v) is 11.6. The van der Waals surface area contributed by atoms with Gasteiger partial charge in [0.2, 0.25) is 0 Å². The van der Waals surface area contributed by atoms with Crippen LogP contribution in [0.25, 0.3) is 32.8 Å². The summed E-state index contributed by atoms with van der Waals surface area (Å²) in [5, 5.41) is 14.5. The standard InChI is InChI=1S/C18H12N2O2/c21-20(22)16-7-2-1-5-14(16)15-6-3-4-12-8-9-13-10-11-19-18(13)17(12)15/h1-11,19H. The zero-order chi connectivity index (χ0) is 15.1. The summed E-state index contributed by atoms with van der Waals surface area (Å²) in [6, 6.07) is 18.9. The van der Waals surface area contributed by atoms with E-state index in [1.54, 1.807) is 18.2 Å². The van der Waals surface area contributed by atoms with Gasteiger partial charge in [0.05, 0.1) is 16.0 Å². The number of aromatic amines is 1. The summed E-state index contributed by atoms with van der Waals surface area (Å²) >= 11 is 0. The van der Waals surface area contributed by atoms with E-state index in [0.717, 1.165) is 27.2 Å². The van der Waals surface area contributed by atoms with E-state index in [2.05, 4.69) is 11.1 Å². The number of benzene rings is 3. The number of H-pyrrole nitrogens is 1. The SMILES string of the molecule is O=[N+]([O-])c1ccccc1-c1cccc2ccc3cc[nH]c3c12. The third-order valence-corrected chi connectivity index (χ3v) is 3.96. The highest BCUT2D eigenvalue weighted by Gasteiger charge is 2.17. The average molecular weight is 288 g/mol. The van der Waals surface area contributed by atoms with Crippen molar-refractivity contribution >= 4 is 27.4 Å². The van der Waals surface area contributed by atoms with Crippen LogP contribution in [0.4, 0.5) is 5.69 Å². The van der Waals surface area contributed by atoms with Gasteiger partial charge in [0.15, 0.2) is 0 Å². The molecule has 0 bridgehead atoms. The molecule has 4 aromatic rings. The molecular formula is C18H12N2O2. The van der Waals surface area contributed by atoms with Crippen LogP contribution >= 0.6 is 0 Å². The third-order valence-electron chi connectivity index (χ3n) is 3.96. The van der Waals surface area contributed by atoms with Crippen molar-refractivity contribution in [3.8, 4) is 11.1 Å². The first-order chi connectivity index (χ1) is 10.8. The topological polar surface area (TPSA) is 58.9 Å². The van der Waals surface area contributed by atoms with Gasteiger partial charge in [0, 0.05) is 23.0 Å². The molecule has 0 saturated heterocycles. The average Bonchev–Trinajstić information content (AvgIpc) is 3.03. The van der Waals surface area contributed by atoms with Gasteiger partial charge in [0.25, 0.3) is 5.69 Å². The van der Waals surface area contributed by atoms with Crippen molar-refractivity contribution in [2.75, 3.05) is 0 Å². The van der Waals surface area contributed by atoms with Gasteiger partial charge in [-0.1, -0.05) is 42.5 Å². The number of fused-ring (bicyclic) bond motifs is 3. The van der Waals surface area contributed by atoms with E-state index >= 15 is 0 Å². The molecule has 4 nitrogen and oxygen atoms in total. The predicted octanol–water partition coefficient (Wildman–Crippen LogP) is 4.90. The zero-order valence-electron chi connectivity index (χ0n) is 11.6. The molecular weight excluding hydrogens is 276 g/mol. The van der Waals surface area contributed by atoms with Crippen LogP contribution in [0.3, 0.4) is 0 Å². The first-order valence-corrected chi connectivity index (χ1v) is 6.98. The molecule has 4 rings (SSSR count). The number of rotatable bonds is 2. The lowest BCUT2D eigenvalue weighted by molar-refractivity contribution is -0.384. The smallest absolute Gasteiger partial charge is 0.277 e. The highest BCUT2D eigenvalue weighted by molar-refractivity contribution is 6.13. The third kappa shape index (κ3) is 1.78. The van der Waals surface area contributed by atoms with Gasteiger partial charge < -0.3 is 4.98 Å². The Kier molecular flexibility index (Phi) is 2.69. The van der Waals surface area contributed by atoms with Crippen LogP contribution in [0.2, 0.25) is 0 Å². The van der Waals surface area contributed by atoms with E-state index in [-0.39, 0.29) is 10.6 Å². The van der Waals surface area contributed by atoms with Gasteiger partial charge in [-0.25, -0.2) is 0 Å². The second-order valence-corrected chi connectivity index (χ2v) is 5.19. The largest absolute Gasteiger partial charge is 0.361 e. The number of nitro benzene ring substituents is 1. The molecule has 0 fully saturated rings. The second-order valence-electron chi connectivity index (χ2n) is 5.19. The lowest BCUT2D eigenvalue weighted by Crippen LogP contribution is -1.92. The number of hydrogen-bond acceptors (Lipinski definition) is 2. The number of aromatic nitrogens is 1. The Morgan fingerprint density at radius 2 is 1.59 bits per heavy atom. The monoisotopic (exact) mass is 288 g/mol. The molecule has 0 radical (unpaired) electrons. The van der Waals surface area contributed by atoms with Crippen molar-refractivity contribution in [2.45, 2.75) is 0 Å². The Labute approximate surface area is 126 Å². The maximum Gasteiger partial charge on any atom is 0.277 e. The Hall–Kier alpha value is -3.14. The normalized spacial score (nSPS) is 11.1. The van der Waals surface area contributed by atoms with Crippen molar-refractivity contribution in [1.82, 2.24) is 4.98 Å². The van der Waals surface area contributed by atoms with E-state index in [9.17, 15) is 10.1 Å². The summed E-state index contributed by atoms with van der Waals surface area (Å²) in [4.78, 5) is 14.3. The van der Waals surface area contributed by atoms with Gasteiger partial charge in [0.1, 0.15) is 0 Å². The quantitative estimate of drug-likeness (QED) is 0.421. The fraction of sp³-hybridized carbons (Fsp3) is 0. The van der Waals surface area contributed by atoms with Gasteiger partial charge in [-0.15, -0.1) is 0 Å².